The summed E-state index contributed by atoms with van der Waals surface area (Å²) in [6.45, 7) is 8.64. The molecule has 0 spiro atoms. The number of rotatable bonds is 8. The predicted molar refractivity (Wildman–Crippen MR) is 128 cm³/mol. The van der Waals surface area contributed by atoms with Crippen molar-refractivity contribution in [3.63, 3.8) is 0 Å². The SMILES string of the molecule is CCNC(=NCC1CCN(C)CC1)NC(C)c1ccc(OCC2CC2)c(F)c1.I. The Bertz CT molecular complexity index is 660. The number of hydrogen-bond acceptors (Lipinski definition) is 3. The smallest absolute Gasteiger partial charge is 0.191 e. The van der Waals surface area contributed by atoms with E-state index in [1.54, 1.807) is 12.1 Å². The minimum absolute atomic E-state index is 0. The third-order valence-electron chi connectivity index (χ3n) is 5.67. The van der Waals surface area contributed by atoms with Gasteiger partial charge < -0.3 is 20.3 Å². The van der Waals surface area contributed by atoms with Gasteiger partial charge in [0, 0.05) is 13.1 Å². The van der Waals surface area contributed by atoms with Gasteiger partial charge in [0.25, 0.3) is 0 Å². The van der Waals surface area contributed by atoms with Crippen molar-refractivity contribution in [3.8, 4) is 5.75 Å². The van der Waals surface area contributed by atoms with E-state index in [0.29, 0.717) is 24.2 Å². The van der Waals surface area contributed by atoms with Crippen LogP contribution in [0.3, 0.4) is 0 Å². The van der Waals surface area contributed by atoms with Gasteiger partial charge in [0.05, 0.1) is 12.6 Å². The first-order valence-corrected chi connectivity index (χ1v) is 10.7. The molecule has 5 nitrogen and oxygen atoms in total. The maximum Gasteiger partial charge on any atom is 0.191 e. The van der Waals surface area contributed by atoms with Crippen molar-refractivity contribution in [2.45, 2.75) is 45.6 Å². The van der Waals surface area contributed by atoms with Crippen LogP contribution in [0.15, 0.2) is 23.2 Å². The zero-order valence-electron chi connectivity index (χ0n) is 17.9. The summed E-state index contributed by atoms with van der Waals surface area (Å²) in [5, 5.41) is 6.72. The van der Waals surface area contributed by atoms with Gasteiger partial charge in [-0.1, -0.05) is 6.07 Å². The highest BCUT2D eigenvalue weighted by Crippen LogP contribution is 2.30. The average molecular weight is 518 g/mol. The van der Waals surface area contributed by atoms with Crippen LogP contribution in [-0.2, 0) is 0 Å². The summed E-state index contributed by atoms with van der Waals surface area (Å²) >= 11 is 0. The number of ether oxygens (including phenoxy) is 1. The van der Waals surface area contributed by atoms with Crippen molar-refractivity contribution in [2.75, 3.05) is 39.8 Å². The Kier molecular flexibility index (Phi) is 9.95. The lowest BCUT2D eigenvalue weighted by atomic mass is 9.97. The lowest BCUT2D eigenvalue weighted by Crippen LogP contribution is -2.39. The van der Waals surface area contributed by atoms with Crippen LogP contribution in [-0.4, -0.2) is 50.7 Å². The molecular weight excluding hydrogens is 482 g/mol. The first-order valence-electron chi connectivity index (χ1n) is 10.7. The number of nitrogens with one attached hydrogen (secondary N) is 2. The van der Waals surface area contributed by atoms with E-state index in [9.17, 15) is 4.39 Å². The molecule has 0 bridgehead atoms. The number of likely N-dealkylation sites (tertiary alicyclic amines) is 1. The third-order valence-corrected chi connectivity index (χ3v) is 5.67. The van der Waals surface area contributed by atoms with E-state index in [2.05, 4.69) is 29.5 Å². The van der Waals surface area contributed by atoms with E-state index < -0.39 is 0 Å². The number of benzene rings is 1. The highest BCUT2D eigenvalue weighted by atomic mass is 127. The number of guanidine groups is 1. The number of piperidine rings is 1. The number of aliphatic imine (C=N–C) groups is 1. The van der Waals surface area contributed by atoms with Crippen molar-refractivity contribution in [3.05, 3.63) is 29.6 Å². The lowest BCUT2D eigenvalue weighted by Gasteiger charge is -2.28. The molecule has 1 saturated carbocycles. The van der Waals surface area contributed by atoms with E-state index in [0.717, 1.165) is 37.7 Å². The van der Waals surface area contributed by atoms with Gasteiger partial charge in [0.1, 0.15) is 0 Å². The van der Waals surface area contributed by atoms with E-state index in [1.807, 2.05) is 13.0 Å². The molecule has 3 rings (SSSR count). The summed E-state index contributed by atoms with van der Waals surface area (Å²) in [5.74, 6) is 2.11. The van der Waals surface area contributed by atoms with Crippen LogP contribution in [0.5, 0.6) is 5.75 Å². The van der Waals surface area contributed by atoms with Crippen molar-refractivity contribution in [2.24, 2.45) is 16.8 Å². The molecule has 1 aromatic carbocycles. The molecule has 1 aliphatic heterocycles. The zero-order chi connectivity index (χ0) is 19.9. The molecule has 1 unspecified atom stereocenters. The van der Waals surface area contributed by atoms with Crippen LogP contribution in [0, 0.1) is 17.7 Å². The van der Waals surface area contributed by atoms with Crippen molar-refractivity contribution >= 4 is 29.9 Å². The number of nitrogens with zero attached hydrogens (tertiary/aromatic N) is 2. The second-order valence-corrected chi connectivity index (χ2v) is 8.28. The Morgan fingerprint density at radius 3 is 2.59 bits per heavy atom. The third kappa shape index (κ3) is 7.92. The summed E-state index contributed by atoms with van der Waals surface area (Å²) in [6, 6.07) is 5.21. The van der Waals surface area contributed by atoms with Crippen LogP contribution < -0.4 is 15.4 Å². The molecule has 1 saturated heterocycles. The first-order chi connectivity index (χ1) is 13.5. The van der Waals surface area contributed by atoms with Gasteiger partial charge in [-0.05, 0) is 89.2 Å². The van der Waals surface area contributed by atoms with Crippen LogP contribution in [0.2, 0.25) is 0 Å². The molecule has 7 heteroatoms. The maximum atomic E-state index is 14.4. The standard InChI is InChI=1S/C22H35FN4O.HI/c1-4-24-22(25-14-17-9-11-27(3)12-10-17)26-16(2)19-7-8-21(20(23)13-19)28-15-18-5-6-18;/h7-8,13,16-18H,4-6,9-12,14-15H2,1-3H3,(H2,24,25,26);1H. The second kappa shape index (κ2) is 11.9. The molecule has 0 aromatic heterocycles. The van der Waals surface area contributed by atoms with Gasteiger partial charge >= 0.3 is 0 Å². The molecule has 164 valence electrons. The van der Waals surface area contributed by atoms with Crippen LogP contribution in [0.4, 0.5) is 4.39 Å². The van der Waals surface area contributed by atoms with Crippen molar-refractivity contribution in [1.29, 1.82) is 0 Å². The molecular formula is C22H36FIN4O. The fraction of sp³-hybridized carbons (Fsp3) is 0.682. The summed E-state index contributed by atoms with van der Waals surface area (Å²) in [6.07, 6.45) is 4.79. The molecule has 2 aliphatic rings. The lowest BCUT2D eigenvalue weighted by molar-refractivity contribution is 0.223. The quantitative estimate of drug-likeness (QED) is 0.308. The normalized spacial score (nSPS) is 19.4. The van der Waals surface area contributed by atoms with Crippen molar-refractivity contribution in [1.82, 2.24) is 15.5 Å². The largest absolute Gasteiger partial charge is 0.490 e. The first kappa shape index (κ1) is 24.2. The van der Waals surface area contributed by atoms with Gasteiger partial charge in [-0.25, -0.2) is 4.39 Å². The molecule has 2 N–H and O–H groups in total. The van der Waals surface area contributed by atoms with Gasteiger partial charge in [-0.3, -0.25) is 4.99 Å². The molecule has 1 aromatic rings. The fourth-order valence-corrected chi connectivity index (χ4v) is 3.47. The zero-order valence-corrected chi connectivity index (χ0v) is 20.2. The Morgan fingerprint density at radius 2 is 1.97 bits per heavy atom. The Labute approximate surface area is 191 Å². The molecule has 29 heavy (non-hydrogen) atoms. The molecule has 1 atom stereocenters. The van der Waals surface area contributed by atoms with E-state index >= 15 is 0 Å². The minimum atomic E-state index is -0.292. The molecule has 1 aliphatic carbocycles. The summed E-state index contributed by atoms with van der Waals surface area (Å²) in [5.41, 5.74) is 0.890. The minimum Gasteiger partial charge on any atom is -0.490 e. The summed E-state index contributed by atoms with van der Waals surface area (Å²) < 4.78 is 20.0. The van der Waals surface area contributed by atoms with E-state index in [4.69, 9.17) is 9.73 Å². The highest BCUT2D eigenvalue weighted by Gasteiger charge is 2.22. The van der Waals surface area contributed by atoms with Crippen LogP contribution in [0.25, 0.3) is 0 Å². The predicted octanol–water partition coefficient (Wildman–Crippen LogP) is 4.19. The van der Waals surface area contributed by atoms with Gasteiger partial charge in [-0.15, -0.1) is 24.0 Å². The van der Waals surface area contributed by atoms with Gasteiger partial charge in [-0.2, -0.15) is 0 Å². The maximum absolute atomic E-state index is 14.4. The molecule has 1 heterocycles. The van der Waals surface area contributed by atoms with Crippen LogP contribution in [0.1, 0.15) is 51.1 Å². The Hall–Kier alpha value is -1.09. The van der Waals surface area contributed by atoms with Crippen LogP contribution >= 0.6 is 24.0 Å². The summed E-state index contributed by atoms with van der Waals surface area (Å²) in [4.78, 5) is 7.15. The van der Waals surface area contributed by atoms with E-state index in [-0.39, 0.29) is 35.8 Å². The van der Waals surface area contributed by atoms with Crippen molar-refractivity contribution < 1.29 is 9.13 Å². The Balaban J connectivity index is 0.00000300. The highest BCUT2D eigenvalue weighted by molar-refractivity contribution is 14.0. The number of halogens is 2. The van der Waals surface area contributed by atoms with E-state index in [1.165, 1.54) is 25.7 Å². The molecule has 0 amide bonds. The summed E-state index contributed by atoms with van der Waals surface area (Å²) in [7, 11) is 2.17. The molecule has 0 radical (unpaired) electrons. The Morgan fingerprint density at radius 1 is 1.24 bits per heavy atom. The topological polar surface area (TPSA) is 48.9 Å². The average Bonchev–Trinajstić information content (AvgIpc) is 3.51. The molecule has 2 fully saturated rings. The fourth-order valence-electron chi connectivity index (χ4n) is 3.47. The monoisotopic (exact) mass is 518 g/mol. The second-order valence-electron chi connectivity index (χ2n) is 8.28. The number of hydrogen-bond donors (Lipinski definition) is 2. The van der Waals surface area contributed by atoms with Gasteiger partial charge in [0.15, 0.2) is 17.5 Å². The van der Waals surface area contributed by atoms with Gasteiger partial charge in [0.2, 0.25) is 0 Å².